The average molecular weight is 451 g/mol. The molecule has 2 saturated heterocycles. The smallest absolute Gasteiger partial charge is 0.248 e. The van der Waals surface area contributed by atoms with Gasteiger partial charge in [-0.25, -0.2) is 4.98 Å². The van der Waals surface area contributed by atoms with E-state index < -0.39 is 0 Å². The van der Waals surface area contributed by atoms with E-state index in [4.69, 9.17) is 16.3 Å². The van der Waals surface area contributed by atoms with Crippen molar-refractivity contribution in [2.75, 3.05) is 50.8 Å². The van der Waals surface area contributed by atoms with Crippen LogP contribution in [0.15, 0.2) is 12.1 Å². The van der Waals surface area contributed by atoms with Gasteiger partial charge in [-0.1, -0.05) is 22.9 Å². The van der Waals surface area contributed by atoms with E-state index in [0.29, 0.717) is 36.5 Å². The van der Waals surface area contributed by atoms with E-state index in [0.717, 1.165) is 33.8 Å². The van der Waals surface area contributed by atoms with Gasteiger partial charge in [-0.05, 0) is 24.6 Å². The van der Waals surface area contributed by atoms with Crippen LogP contribution in [0, 0.1) is 6.92 Å². The van der Waals surface area contributed by atoms with E-state index in [2.05, 4.69) is 9.88 Å². The number of ether oxygens (including phenoxy) is 1. The maximum Gasteiger partial charge on any atom is 0.248 e. The van der Waals surface area contributed by atoms with Gasteiger partial charge >= 0.3 is 0 Å². The maximum absolute atomic E-state index is 13.2. The normalized spacial score (nSPS) is 17.9. The number of thiazole rings is 1. The van der Waals surface area contributed by atoms with Gasteiger partial charge in [-0.2, -0.15) is 0 Å². The van der Waals surface area contributed by atoms with E-state index in [1.54, 1.807) is 4.90 Å². The largest absolute Gasteiger partial charge is 0.379 e. The van der Waals surface area contributed by atoms with Crippen molar-refractivity contribution in [1.82, 2.24) is 14.8 Å². The number of anilines is 1. The van der Waals surface area contributed by atoms with Gasteiger partial charge in [-0.3, -0.25) is 29.1 Å². The number of benzene rings is 1. The highest BCUT2D eigenvalue weighted by Gasteiger charge is 2.33. The quantitative estimate of drug-likeness (QED) is 0.626. The summed E-state index contributed by atoms with van der Waals surface area (Å²) in [4.78, 5) is 46.7. The predicted octanol–water partition coefficient (Wildman–Crippen LogP) is 2.07. The molecule has 0 unspecified atom stereocenters. The van der Waals surface area contributed by atoms with Crippen molar-refractivity contribution in [1.29, 1.82) is 0 Å². The second-order valence-corrected chi connectivity index (χ2v) is 8.88. The standard InChI is InChI=1S/C20H23ClN4O4S/c1-13-10-14(21)11-15-19(13)22-20(30-15)24(5-4-23-6-8-29-9-7-23)18(28)12-25-16(26)2-3-17(25)27/h10-11H,2-9,12H2,1H3. The third kappa shape index (κ3) is 4.49. The van der Waals surface area contributed by atoms with Gasteiger partial charge in [0.15, 0.2) is 5.13 Å². The Morgan fingerprint density at radius 1 is 1.23 bits per heavy atom. The molecule has 0 radical (unpaired) electrons. The van der Waals surface area contributed by atoms with Gasteiger partial charge in [0.1, 0.15) is 6.54 Å². The topological polar surface area (TPSA) is 83.0 Å². The fraction of sp³-hybridized carbons (Fsp3) is 0.500. The number of rotatable bonds is 6. The van der Waals surface area contributed by atoms with Crippen LogP contribution in [0.2, 0.25) is 5.02 Å². The molecule has 4 rings (SSSR count). The van der Waals surface area contributed by atoms with Crippen molar-refractivity contribution >= 4 is 56.0 Å². The number of morpholine rings is 1. The SMILES string of the molecule is Cc1cc(Cl)cc2sc(N(CCN3CCOCC3)C(=O)CN3C(=O)CCC3=O)nc12. The number of hydrogen-bond acceptors (Lipinski definition) is 7. The number of nitrogens with zero attached hydrogens (tertiary/aromatic N) is 4. The first-order valence-electron chi connectivity index (χ1n) is 9.93. The molecule has 8 nitrogen and oxygen atoms in total. The Morgan fingerprint density at radius 3 is 2.63 bits per heavy atom. The molecular weight excluding hydrogens is 428 g/mol. The molecule has 1 aromatic heterocycles. The Morgan fingerprint density at radius 2 is 1.93 bits per heavy atom. The zero-order valence-corrected chi connectivity index (χ0v) is 18.3. The Kier molecular flexibility index (Phi) is 6.33. The summed E-state index contributed by atoms with van der Waals surface area (Å²) in [7, 11) is 0. The van der Waals surface area contributed by atoms with Crippen molar-refractivity contribution in [3.8, 4) is 0 Å². The zero-order chi connectivity index (χ0) is 21.3. The molecule has 3 amide bonds. The molecule has 3 heterocycles. The fourth-order valence-electron chi connectivity index (χ4n) is 3.67. The minimum absolute atomic E-state index is 0.165. The number of aromatic nitrogens is 1. The molecule has 160 valence electrons. The molecule has 0 aliphatic carbocycles. The molecule has 30 heavy (non-hydrogen) atoms. The Labute approximate surface area is 183 Å². The Balaban J connectivity index is 1.59. The zero-order valence-electron chi connectivity index (χ0n) is 16.7. The summed E-state index contributed by atoms with van der Waals surface area (Å²) in [6, 6.07) is 3.68. The summed E-state index contributed by atoms with van der Waals surface area (Å²) in [5, 5.41) is 1.17. The molecule has 0 N–H and O–H groups in total. The fourth-order valence-corrected chi connectivity index (χ4v) is 5.13. The van der Waals surface area contributed by atoms with E-state index in [9.17, 15) is 14.4 Å². The van der Waals surface area contributed by atoms with Crippen LogP contribution >= 0.6 is 22.9 Å². The summed E-state index contributed by atoms with van der Waals surface area (Å²) in [6.07, 6.45) is 0.331. The molecule has 1 aromatic carbocycles. The van der Waals surface area contributed by atoms with E-state index in [1.807, 2.05) is 19.1 Å². The monoisotopic (exact) mass is 450 g/mol. The van der Waals surface area contributed by atoms with Crippen LogP contribution in [0.25, 0.3) is 10.2 Å². The molecule has 2 aliphatic rings. The second kappa shape index (κ2) is 8.97. The molecule has 10 heteroatoms. The summed E-state index contributed by atoms with van der Waals surface area (Å²) >= 11 is 7.57. The first-order valence-corrected chi connectivity index (χ1v) is 11.1. The van der Waals surface area contributed by atoms with Crippen LogP contribution in [0.3, 0.4) is 0 Å². The number of imide groups is 1. The van der Waals surface area contributed by atoms with Gasteiger partial charge < -0.3 is 4.74 Å². The lowest BCUT2D eigenvalue weighted by atomic mass is 10.2. The molecule has 2 fully saturated rings. The number of amides is 3. The van der Waals surface area contributed by atoms with Crippen LogP contribution < -0.4 is 4.90 Å². The third-order valence-corrected chi connectivity index (χ3v) is 6.61. The average Bonchev–Trinajstić information content (AvgIpc) is 3.27. The first kappa shape index (κ1) is 21.2. The lowest BCUT2D eigenvalue weighted by Gasteiger charge is -2.29. The summed E-state index contributed by atoms with van der Waals surface area (Å²) in [5.74, 6) is -0.906. The summed E-state index contributed by atoms with van der Waals surface area (Å²) in [6.45, 7) is 5.70. The number of likely N-dealkylation sites (tertiary alicyclic amines) is 1. The van der Waals surface area contributed by atoms with Crippen molar-refractivity contribution in [2.45, 2.75) is 19.8 Å². The molecule has 0 bridgehead atoms. The number of halogens is 1. The van der Waals surface area contributed by atoms with Crippen LogP contribution in [0.1, 0.15) is 18.4 Å². The third-order valence-electron chi connectivity index (χ3n) is 5.36. The molecule has 0 saturated carbocycles. The minimum atomic E-state index is -0.310. The minimum Gasteiger partial charge on any atom is -0.379 e. The van der Waals surface area contributed by atoms with E-state index >= 15 is 0 Å². The van der Waals surface area contributed by atoms with Crippen molar-refractivity contribution < 1.29 is 19.1 Å². The second-order valence-electron chi connectivity index (χ2n) is 7.44. The number of carbonyl (C=O) groups excluding carboxylic acids is 3. The van der Waals surface area contributed by atoms with Crippen molar-refractivity contribution in [3.63, 3.8) is 0 Å². The highest BCUT2D eigenvalue weighted by atomic mass is 35.5. The van der Waals surface area contributed by atoms with E-state index in [-0.39, 0.29) is 37.1 Å². The van der Waals surface area contributed by atoms with Gasteiger partial charge in [0, 0.05) is 44.0 Å². The number of aryl methyl sites for hydroxylation is 1. The lowest BCUT2D eigenvalue weighted by Crippen LogP contribution is -2.47. The lowest BCUT2D eigenvalue weighted by molar-refractivity contribution is -0.141. The number of fused-ring (bicyclic) bond motifs is 1. The first-order chi connectivity index (χ1) is 14.4. The van der Waals surface area contributed by atoms with Crippen molar-refractivity contribution in [3.05, 3.63) is 22.7 Å². The number of hydrogen-bond donors (Lipinski definition) is 0. The Hall–Kier alpha value is -2.07. The number of carbonyl (C=O) groups is 3. The van der Waals surface area contributed by atoms with Crippen LogP contribution in [0.5, 0.6) is 0 Å². The van der Waals surface area contributed by atoms with Gasteiger partial charge in [-0.15, -0.1) is 0 Å². The molecular formula is C20H23ClN4O4S. The summed E-state index contributed by atoms with van der Waals surface area (Å²) < 4.78 is 6.28. The van der Waals surface area contributed by atoms with Gasteiger partial charge in [0.05, 0.1) is 23.4 Å². The molecule has 0 spiro atoms. The molecule has 2 aromatic rings. The highest BCUT2D eigenvalue weighted by molar-refractivity contribution is 7.22. The molecule has 2 aliphatic heterocycles. The maximum atomic E-state index is 13.2. The highest BCUT2D eigenvalue weighted by Crippen LogP contribution is 2.33. The van der Waals surface area contributed by atoms with Gasteiger partial charge in [0.25, 0.3) is 0 Å². The van der Waals surface area contributed by atoms with Gasteiger partial charge in [0.2, 0.25) is 17.7 Å². The van der Waals surface area contributed by atoms with Crippen molar-refractivity contribution in [2.24, 2.45) is 0 Å². The summed E-state index contributed by atoms with van der Waals surface area (Å²) in [5.41, 5.74) is 1.74. The van der Waals surface area contributed by atoms with Crippen LogP contribution in [0.4, 0.5) is 5.13 Å². The molecule has 0 atom stereocenters. The predicted molar refractivity (Wildman–Crippen MR) is 115 cm³/mol. The van der Waals surface area contributed by atoms with E-state index in [1.165, 1.54) is 11.3 Å². The van der Waals surface area contributed by atoms with Crippen LogP contribution in [-0.2, 0) is 19.1 Å². The van der Waals surface area contributed by atoms with Crippen LogP contribution in [-0.4, -0.2) is 78.4 Å². The Bertz CT molecular complexity index is 973.